The maximum atomic E-state index is 13.3. The molecule has 4 nitrogen and oxygen atoms in total. The molecular weight excluding hydrogens is 359 g/mol. The number of hydrogen-bond acceptors (Lipinski definition) is 3. The summed E-state index contributed by atoms with van der Waals surface area (Å²) in [7, 11) is 0. The van der Waals surface area contributed by atoms with E-state index in [0.717, 1.165) is 11.0 Å². The average Bonchev–Trinajstić information content (AvgIpc) is 2.44. The van der Waals surface area contributed by atoms with Gasteiger partial charge >= 0.3 is 12.3 Å². The molecule has 1 aliphatic heterocycles. The molecule has 0 spiro atoms. The van der Waals surface area contributed by atoms with Gasteiger partial charge in [-0.2, -0.15) is 13.2 Å². The van der Waals surface area contributed by atoms with E-state index >= 15 is 0 Å². The molecule has 140 valence electrons. The number of hydrogen-bond donors (Lipinski definition) is 1. The van der Waals surface area contributed by atoms with E-state index in [1.54, 1.807) is 20.8 Å². The predicted octanol–water partition coefficient (Wildman–Crippen LogP) is 4.79. The Bertz CT molecular complexity index is 643. The third-order valence-electron chi connectivity index (χ3n) is 3.96. The molecule has 1 N–H and O–H groups in total. The summed E-state index contributed by atoms with van der Waals surface area (Å²) in [6, 6.07) is 3.63. The molecule has 1 saturated heterocycles. The van der Waals surface area contributed by atoms with Gasteiger partial charge in [-0.25, -0.2) is 4.79 Å². The number of likely N-dealkylation sites (tertiary alicyclic amines) is 1. The molecule has 0 saturated carbocycles. The summed E-state index contributed by atoms with van der Waals surface area (Å²) < 4.78 is 45.0. The Labute approximate surface area is 149 Å². The molecule has 2 atom stereocenters. The van der Waals surface area contributed by atoms with Gasteiger partial charge < -0.3 is 9.84 Å². The lowest BCUT2D eigenvalue weighted by atomic mass is 9.85. The molecule has 8 heteroatoms. The van der Waals surface area contributed by atoms with E-state index in [2.05, 4.69) is 0 Å². The molecular formula is C17H21ClF3NO3. The van der Waals surface area contributed by atoms with Crippen LogP contribution in [0.4, 0.5) is 18.0 Å². The first-order valence-electron chi connectivity index (χ1n) is 7.93. The van der Waals surface area contributed by atoms with Crippen LogP contribution in [0.2, 0.25) is 5.02 Å². The number of halogens is 4. The van der Waals surface area contributed by atoms with Crippen LogP contribution in [0.1, 0.15) is 50.7 Å². The smallest absolute Gasteiger partial charge is 0.416 e. The summed E-state index contributed by atoms with van der Waals surface area (Å²) in [6.07, 6.45) is -6.12. The molecule has 1 heterocycles. The number of rotatable bonds is 1. The zero-order valence-electron chi connectivity index (χ0n) is 14.2. The van der Waals surface area contributed by atoms with Crippen LogP contribution in [0, 0.1) is 0 Å². The molecule has 0 aliphatic carbocycles. The first kappa shape index (κ1) is 19.8. The maximum Gasteiger partial charge on any atom is 0.416 e. The average molecular weight is 380 g/mol. The summed E-state index contributed by atoms with van der Waals surface area (Å²) in [4.78, 5) is 13.2. The molecule has 0 radical (unpaired) electrons. The molecule has 0 bridgehead atoms. The number of alkyl halides is 3. The normalized spacial score (nSPS) is 22.0. The third kappa shape index (κ3) is 5.01. The number of carbonyl (C=O) groups is 1. The highest BCUT2D eigenvalue weighted by atomic mass is 35.5. The number of aliphatic hydroxyl groups is 1. The fourth-order valence-electron chi connectivity index (χ4n) is 2.89. The van der Waals surface area contributed by atoms with Crippen LogP contribution < -0.4 is 0 Å². The molecule has 1 aromatic rings. The molecule has 0 unspecified atom stereocenters. The topological polar surface area (TPSA) is 49.8 Å². The first-order valence-corrected chi connectivity index (χ1v) is 8.30. The predicted molar refractivity (Wildman–Crippen MR) is 87.4 cm³/mol. The van der Waals surface area contributed by atoms with Crippen molar-refractivity contribution in [3.63, 3.8) is 0 Å². The van der Waals surface area contributed by atoms with Gasteiger partial charge in [-0.1, -0.05) is 17.7 Å². The van der Waals surface area contributed by atoms with E-state index in [1.807, 2.05) is 0 Å². The lowest BCUT2D eigenvalue weighted by Crippen LogP contribution is -2.47. The van der Waals surface area contributed by atoms with E-state index in [1.165, 1.54) is 12.1 Å². The highest BCUT2D eigenvalue weighted by molar-refractivity contribution is 6.30. The second-order valence-electron chi connectivity index (χ2n) is 7.10. The standard InChI is InChI=1S/C17H21ClF3NO3/c1-16(2,3)25-15(24)22-7-6-10(8-14(22)23)12-5-4-11(18)9-13(12)17(19,20)21/h4-5,9-10,14,23H,6-8H2,1-3H3/t10-,14-/m0/s1. The van der Waals surface area contributed by atoms with E-state index in [9.17, 15) is 23.1 Å². The van der Waals surface area contributed by atoms with Gasteiger partial charge in [0.15, 0.2) is 0 Å². The third-order valence-corrected chi connectivity index (χ3v) is 4.20. The van der Waals surface area contributed by atoms with Crippen LogP contribution in [0.3, 0.4) is 0 Å². The first-order chi connectivity index (χ1) is 11.4. The summed E-state index contributed by atoms with van der Waals surface area (Å²) in [5.41, 5.74) is -1.43. The summed E-state index contributed by atoms with van der Waals surface area (Å²) >= 11 is 5.70. The van der Waals surface area contributed by atoms with Gasteiger partial charge in [0.05, 0.1) is 5.56 Å². The van der Waals surface area contributed by atoms with E-state index in [-0.39, 0.29) is 23.6 Å². The highest BCUT2D eigenvalue weighted by Crippen LogP contribution is 2.41. The van der Waals surface area contributed by atoms with Gasteiger partial charge in [0.2, 0.25) is 0 Å². The second kappa shape index (κ2) is 7.03. The molecule has 25 heavy (non-hydrogen) atoms. The van der Waals surface area contributed by atoms with Crippen LogP contribution in [-0.4, -0.2) is 34.5 Å². The van der Waals surface area contributed by atoms with Crippen molar-refractivity contribution in [3.05, 3.63) is 34.3 Å². The van der Waals surface area contributed by atoms with Crippen molar-refractivity contribution < 1.29 is 27.8 Å². The number of benzene rings is 1. The zero-order valence-corrected chi connectivity index (χ0v) is 15.0. The van der Waals surface area contributed by atoms with E-state index < -0.39 is 35.6 Å². The van der Waals surface area contributed by atoms with Crippen molar-refractivity contribution in [2.24, 2.45) is 0 Å². The monoisotopic (exact) mass is 379 g/mol. The van der Waals surface area contributed by atoms with Crippen LogP contribution >= 0.6 is 11.6 Å². The molecule has 1 aromatic carbocycles. The van der Waals surface area contributed by atoms with E-state index in [0.29, 0.717) is 6.42 Å². The molecule has 0 aromatic heterocycles. The fourth-order valence-corrected chi connectivity index (χ4v) is 3.06. The molecule has 1 fully saturated rings. The van der Waals surface area contributed by atoms with Crippen molar-refractivity contribution in [2.45, 2.75) is 57.5 Å². The number of piperidine rings is 1. The molecule has 2 rings (SSSR count). The Morgan fingerprint density at radius 2 is 1.96 bits per heavy atom. The van der Waals surface area contributed by atoms with Crippen molar-refractivity contribution in [1.82, 2.24) is 4.90 Å². The van der Waals surface area contributed by atoms with Gasteiger partial charge in [-0.15, -0.1) is 0 Å². The molecule has 1 aliphatic rings. The lowest BCUT2D eigenvalue weighted by molar-refractivity contribution is -0.138. The number of carbonyl (C=O) groups excluding carboxylic acids is 1. The number of ether oxygens (including phenoxy) is 1. The Morgan fingerprint density at radius 1 is 1.32 bits per heavy atom. The minimum absolute atomic E-state index is 0.00261. The van der Waals surface area contributed by atoms with Crippen LogP contribution in [0.25, 0.3) is 0 Å². The Morgan fingerprint density at radius 3 is 2.48 bits per heavy atom. The highest BCUT2D eigenvalue weighted by Gasteiger charge is 2.39. The minimum atomic E-state index is -4.53. The van der Waals surface area contributed by atoms with Crippen LogP contribution in [-0.2, 0) is 10.9 Å². The molecule has 1 amide bonds. The Balaban J connectivity index is 2.18. The second-order valence-corrected chi connectivity index (χ2v) is 7.54. The maximum absolute atomic E-state index is 13.3. The van der Waals surface area contributed by atoms with Gasteiger partial charge in [0.25, 0.3) is 0 Å². The fraction of sp³-hybridized carbons (Fsp3) is 0.588. The lowest BCUT2D eigenvalue weighted by Gasteiger charge is -2.38. The van der Waals surface area contributed by atoms with Crippen molar-refractivity contribution in [2.75, 3.05) is 6.54 Å². The quantitative estimate of drug-likeness (QED) is 0.763. The van der Waals surface area contributed by atoms with Crippen molar-refractivity contribution >= 4 is 17.7 Å². The SMILES string of the molecule is CC(C)(C)OC(=O)N1CC[C@H](c2ccc(Cl)cc2C(F)(F)F)C[C@@H]1O. The Hall–Kier alpha value is -1.47. The largest absolute Gasteiger partial charge is 0.444 e. The van der Waals surface area contributed by atoms with Crippen molar-refractivity contribution in [3.8, 4) is 0 Å². The summed E-state index contributed by atoms with van der Waals surface area (Å²) in [6.45, 7) is 5.22. The zero-order chi connectivity index (χ0) is 19.0. The van der Waals surface area contributed by atoms with Gasteiger partial charge in [0.1, 0.15) is 11.8 Å². The number of amides is 1. The van der Waals surface area contributed by atoms with Crippen LogP contribution in [0.15, 0.2) is 18.2 Å². The van der Waals surface area contributed by atoms with E-state index in [4.69, 9.17) is 16.3 Å². The van der Waals surface area contributed by atoms with Gasteiger partial charge in [-0.3, -0.25) is 4.90 Å². The van der Waals surface area contributed by atoms with Gasteiger partial charge in [0, 0.05) is 11.6 Å². The van der Waals surface area contributed by atoms with Gasteiger partial charge in [-0.05, 0) is 57.2 Å². The number of nitrogens with zero attached hydrogens (tertiary/aromatic N) is 1. The minimum Gasteiger partial charge on any atom is -0.444 e. The van der Waals surface area contributed by atoms with Crippen LogP contribution in [0.5, 0.6) is 0 Å². The summed E-state index contributed by atoms with van der Waals surface area (Å²) in [5, 5.41) is 10.2. The Kier molecular flexibility index (Phi) is 5.59. The van der Waals surface area contributed by atoms with Crippen molar-refractivity contribution in [1.29, 1.82) is 0 Å². The number of aliphatic hydroxyl groups excluding tert-OH is 1. The summed E-state index contributed by atoms with van der Waals surface area (Å²) in [5.74, 6) is -0.525.